The van der Waals surface area contributed by atoms with E-state index in [-0.39, 0.29) is 18.2 Å². The summed E-state index contributed by atoms with van der Waals surface area (Å²) in [6.07, 6.45) is -0.240. The number of hydrogen-bond acceptors (Lipinski definition) is 2. The van der Waals surface area contributed by atoms with Crippen molar-refractivity contribution >= 4 is 34.8 Å². The summed E-state index contributed by atoms with van der Waals surface area (Å²) >= 11 is 5.86. The van der Waals surface area contributed by atoms with E-state index in [1.807, 2.05) is 32.0 Å². The Balaban J connectivity index is 1.92. The summed E-state index contributed by atoms with van der Waals surface area (Å²) in [4.78, 5) is 23.8. The first-order valence-corrected chi connectivity index (χ1v) is 7.24. The molecular formula is C17H17ClN2O2. The first kappa shape index (κ1) is 16.0. The molecule has 2 aromatic rings. The SMILES string of the molecule is Cc1cccc(NC(=O)CC(=O)Nc2ccc(Cl)cc2C)c1. The van der Waals surface area contributed by atoms with Crippen molar-refractivity contribution in [2.45, 2.75) is 20.3 Å². The maximum atomic E-state index is 11.9. The van der Waals surface area contributed by atoms with E-state index in [1.54, 1.807) is 24.3 Å². The molecule has 0 aromatic heterocycles. The number of anilines is 2. The van der Waals surface area contributed by atoms with Crippen molar-refractivity contribution in [1.29, 1.82) is 0 Å². The Morgan fingerprint density at radius 2 is 1.73 bits per heavy atom. The van der Waals surface area contributed by atoms with E-state index in [0.29, 0.717) is 16.4 Å². The average molecular weight is 317 g/mol. The second-order valence-corrected chi connectivity index (χ2v) is 5.54. The van der Waals surface area contributed by atoms with Gasteiger partial charge in [0.15, 0.2) is 0 Å². The first-order valence-electron chi connectivity index (χ1n) is 6.86. The van der Waals surface area contributed by atoms with Crippen LogP contribution in [-0.2, 0) is 9.59 Å². The fraction of sp³-hybridized carbons (Fsp3) is 0.176. The second kappa shape index (κ2) is 7.09. The summed E-state index contributed by atoms with van der Waals surface area (Å²) in [5.74, 6) is -0.717. The highest BCUT2D eigenvalue weighted by atomic mass is 35.5. The monoisotopic (exact) mass is 316 g/mol. The van der Waals surface area contributed by atoms with Gasteiger partial charge in [0.2, 0.25) is 11.8 Å². The van der Waals surface area contributed by atoms with Gasteiger partial charge in [-0.15, -0.1) is 0 Å². The van der Waals surface area contributed by atoms with Gasteiger partial charge in [-0.1, -0.05) is 23.7 Å². The molecule has 0 fully saturated rings. The van der Waals surface area contributed by atoms with E-state index in [4.69, 9.17) is 11.6 Å². The Labute approximate surface area is 134 Å². The van der Waals surface area contributed by atoms with Crippen LogP contribution in [0.1, 0.15) is 17.5 Å². The van der Waals surface area contributed by atoms with Gasteiger partial charge in [0, 0.05) is 16.4 Å². The number of hydrogen-bond donors (Lipinski definition) is 2. The molecule has 0 bridgehead atoms. The minimum absolute atomic E-state index is 0.240. The molecule has 0 saturated carbocycles. The highest BCUT2D eigenvalue weighted by Gasteiger charge is 2.11. The molecule has 0 unspecified atom stereocenters. The summed E-state index contributed by atoms with van der Waals surface area (Å²) in [6.45, 7) is 3.78. The molecule has 0 aliphatic heterocycles. The largest absolute Gasteiger partial charge is 0.326 e. The van der Waals surface area contributed by atoms with Crippen LogP contribution in [0.3, 0.4) is 0 Å². The van der Waals surface area contributed by atoms with Crippen molar-refractivity contribution in [3.8, 4) is 0 Å². The van der Waals surface area contributed by atoms with Gasteiger partial charge >= 0.3 is 0 Å². The van der Waals surface area contributed by atoms with Crippen molar-refractivity contribution in [3.63, 3.8) is 0 Å². The number of amides is 2. The maximum absolute atomic E-state index is 11.9. The minimum Gasteiger partial charge on any atom is -0.326 e. The van der Waals surface area contributed by atoms with Crippen molar-refractivity contribution < 1.29 is 9.59 Å². The van der Waals surface area contributed by atoms with Crippen LogP contribution in [0, 0.1) is 13.8 Å². The number of benzene rings is 2. The van der Waals surface area contributed by atoms with Gasteiger partial charge in [-0.05, 0) is 55.3 Å². The standard InChI is InChI=1S/C17H17ClN2O2/c1-11-4-3-5-14(8-11)19-16(21)10-17(22)20-15-7-6-13(18)9-12(15)2/h3-9H,10H2,1-2H3,(H,19,21)(H,20,22). The van der Waals surface area contributed by atoms with Crippen molar-refractivity contribution in [3.05, 3.63) is 58.6 Å². The fourth-order valence-electron chi connectivity index (χ4n) is 2.04. The van der Waals surface area contributed by atoms with Crippen LogP contribution in [0.25, 0.3) is 0 Å². The molecular weight excluding hydrogens is 300 g/mol. The zero-order chi connectivity index (χ0) is 16.1. The predicted molar refractivity (Wildman–Crippen MR) is 89.2 cm³/mol. The number of carbonyl (C=O) groups is 2. The van der Waals surface area contributed by atoms with E-state index in [9.17, 15) is 9.59 Å². The molecule has 114 valence electrons. The van der Waals surface area contributed by atoms with Gasteiger partial charge in [0.05, 0.1) is 0 Å². The third-order valence-corrected chi connectivity index (χ3v) is 3.32. The smallest absolute Gasteiger partial charge is 0.233 e. The van der Waals surface area contributed by atoms with Crippen LogP contribution in [-0.4, -0.2) is 11.8 Å². The lowest BCUT2D eigenvalue weighted by atomic mass is 10.2. The minimum atomic E-state index is -0.365. The Morgan fingerprint density at radius 1 is 1.00 bits per heavy atom. The van der Waals surface area contributed by atoms with E-state index < -0.39 is 0 Å². The third kappa shape index (κ3) is 4.60. The number of aryl methyl sites for hydroxylation is 2. The summed E-state index contributed by atoms with van der Waals surface area (Å²) in [5.41, 5.74) is 3.22. The van der Waals surface area contributed by atoms with Gasteiger partial charge < -0.3 is 10.6 Å². The Hall–Kier alpha value is -2.33. The molecule has 0 saturated heterocycles. The quantitative estimate of drug-likeness (QED) is 0.840. The number of nitrogens with one attached hydrogen (secondary N) is 2. The molecule has 5 heteroatoms. The molecule has 22 heavy (non-hydrogen) atoms. The summed E-state index contributed by atoms with van der Waals surface area (Å²) in [6, 6.07) is 12.6. The molecule has 2 amide bonds. The van der Waals surface area contributed by atoms with E-state index in [2.05, 4.69) is 10.6 Å². The van der Waals surface area contributed by atoms with Crippen molar-refractivity contribution in [2.75, 3.05) is 10.6 Å². The van der Waals surface area contributed by atoms with Gasteiger partial charge in [-0.25, -0.2) is 0 Å². The van der Waals surface area contributed by atoms with Crippen LogP contribution in [0.5, 0.6) is 0 Å². The molecule has 4 nitrogen and oxygen atoms in total. The van der Waals surface area contributed by atoms with Crippen LogP contribution in [0.15, 0.2) is 42.5 Å². The topological polar surface area (TPSA) is 58.2 Å². The molecule has 2 N–H and O–H groups in total. The maximum Gasteiger partial charge on any atom is 0.233 e. The lowest BCUT2D eigenvalue weighted by Gasteiger charge is -2.09. The van der Waals surface area contributed by atoms with E-state index >= 15 is 0 Å². The first-order chi connectivity index (χ1) is 10.4. The van der Waals surface area contributed by atoms with Crippen LogP contribution < -0.4 is 10.6 Å². The average Bonchev–Trinajstić information content (AvgIpc) is 2.41. The number of halogens is 1. The highest BCUT2D eigenvalue weighted by Crippen LogP contribution is 2.19. The molecule has 0 heterocycles. The predicted octanol–water partition coefficient (Wildman–Crippen LogP) is 3.92. The van der Waals surface area contributed by atoms with Gasteiger partial charge in [-0.2, -0.15) is 0 Å². The molecule has 0 atom stereocenters. The molecule has 0 spiro atoms. The molecule has 0 aliphatic carbocycles. The third-order valence-electron chi connectivity index (χ3n) is 3.09. The molecule has 2 rings (SSSR count). The fourth-order valence-corrected chi connectivity index (χ4v) is 2.26. The highest BCUT2D eigenvalue weighted by molar-refractivity contribution is 6.30. The van der Waals surface area contributed by atoms with Crippen LogP contribution in [0.2, 0.25) is 5.02 Å². The van der Waals surface area contributed by atoms with Gasteiger partial charge in [0.25, 0.3) is 0 Å². The summed E-state index contributed by atoms with van der Waals surface area (Å²) in [7, 11) is 0. The lowest BCUT2D eigenvalue weighted by Crippen LogP contribution is -2.21. The van der Waals surface area contributed by atoms with Crippen molar-refractivity contribution in [2.24, 2.45) is 0 Å². The zero-order valence-electron chi connectivity index (χ0n) is 12.4. The molecule has 2 aromatic carbocycles. The Bertz CT molecular complexity index is 714. The number of carbonyl (C=O) groups excluding carboxylic acids is 2. The van der Waals surface area contributed by atoms with E-state index in [1.165, 1.54) is 0 Å². The second-order valence-electron chi connectivity index (χ2n) is 5.10. The Morgan fingerprint density at radius 3 is 2.41 bits per heavy atom. The Kier molecular flexibility index (Phi) is 5.17. The van der Waals surface area contributed by atoms with Gasteiger partial charge in [-0.3, -0.25) is 9.59 Å². The molecule has 0 aliphatic rings. The summed E-state index contributed by atoms with van der Waals surface area (Å²) in [5, 5.41) is 6.01. The van der Waals surface area contributed by atoms with Crippen LogP contribution >= 0.6 is 11.6 Å². The zero-order valence-corrected chi connectivity index (χ0v) is 13.2. The van der Waals surface area contributed by atoms with E-state index in [0.717, 1.165) is 11.1 Å². The number of rotatable bonds is 4. The van der Waals surface area contributed by atoms with Crippen molar-refractivity contribution in [1.82, 2.24) is 0 Å². The summed E-state index contributed by atoms with van der Waals surface area (Å²) < 4.78 is 0. The van der Waals surface area contributed by atoms with Crippen LogP contribution in [0.4, 0.5) is 11.4 Å². The normalized spacial score (nSPS) is 10.1. The lowest BCUT2D eigenvalue weighted by molar-refractivity contribution is -0.123. The molecule has 0 radical (unpaired) electrons. The van der Waals surface area contributed by atoms with Gasteiger partial charge in [0.1, 0.15) is 6.42 Å².